The van der Waals surface area contributed by atoms with Crippen LogP contribution in [0.4, 0.5) is 0 Å². The van der Waals surface area contributed by atoms with Gasteiger partial charge in [-0.1, -0.05) is 6.92 Å². The van der Waals surface area contributed by atoms with E-state index >= 15 is 0 Å². The van der Waals surface area contributed by atoms with Crippen molar-refractivity contribution in [3.63, 3.8) is 0 Å². The minimum absolute atomic E-state index is 0.00479. The van der Waals surface area contributed by atoms with E-state index in [0.29, 0.717) is 24.7 Å². The fourth-order valence-corrected chi connectivity index (χ4v) is 4.88. The first-order valence-corrected chi connectivity index (χ1v) is 9.49. The number of piperidine rings is 1. The van der Waals surface area contributed by atoms with Crippen LogP contribution in [0.25, 0.3) is 0 Å². The van der Waals surface area contributed by atoms with Crippen LogP contribution in [0.1, 0.15) is 39.0 Å². The molecule has 0 radical (unpaired) electrons. The first-order chi connectivity index (χ1) is 9.46. The van der Waals surface area contributed by atoms with Gasteiger partial charge in [-0.05, 0) is 50.6 Å². The average molecular weight is 302 g/mol. The van der Waals surface area contributed by atoms with Gasteiger partial charge in [-0.15, -0.1) is 0 Å². The van der Waals surface area contributed by atoms with E-state index in [9.17, 15) is 13.2 Å². The van der Waals surface area contributed by atoms with Gasteiger partial charge in [0.25, 0.3) is 0 Å². The zero-order valence-corrected chi connectivity index (χ0v) is 13.0. The van der Waals surface area contributed by atoms with Crippen molar-refractivity contribution >= 4 is 15.7 Å². The summed E-state index contributed by atoms with van der Waals surface area (Å²) in [5.41, 5.74) is 0. The summed E-state index contributed by atoms with van der Waals surface area (Å²) in [7, 11) is -2.95. The van der Waals surface area contributed by atoms with Crippen LogP contribution in [0.2, 0.25) is 0 Å². The van der Waals surface area contributed by atoms with E-state index in [0.717, 1.165) is 19.5 Å². The lowest BCUT2D eigenvalue weighted by Crippen LogP contribution is -2.44. The minimum Gasteiger partial charge on any atom is -0.352 e. The molecule has 2 fully saturated rings. The number of hydrogen-bond donors (Lipinski definition) is 2. The van der Waals surface area contributed by atoms with E-state index in [4.69, 9.17) is 0 Å². The molecule has 6 heteroatoms. The fraction of sp³-hybridized carbons (Fsp3) is 0.929. The predicted octanol–water partition coefficient (Wildman–Crippen LogP) is 0.706. The van der Waals surface area contributed by atoms with Gasteiger partial charge in [-0.25, -0.2) is 8.42 Å². The van der Waals surface area contributed by atoms with Crippen molar-refractivity contribution < 1.29 is 13.2 Å². The highest BCUT2D eigenvalue weighted by Gasteiger charge is 2.27. The van der Waals surface area contributed by atoms with E-state index in [-0.39, 0.29) is 23.5 Å². The molecule has 116 valence electrons. The Morgan fingerprint density at radius 3 is 2.80 bits per heavy atom. The van der Waals surface area contributed by atoms with Crippen molar-refractivity contribution in [2.75, 3.05) is 24.6 Å². The summed E-state index contributed by atoms with van der Waals surface area (Å²) in [6.45, 7) is 4.19. The molecule has 1 amide bonds. The number of carbonyl (C=O) groups excluding carboxylic acids is 1. The van der Waals surface area contributed by atoms with Crippen molar-refractivity contribution in [1.29, 1.82) is 0 Å². The second kappa shape index (κ2) is 6.89. The number of carbonyl (C=O) groups is 1. The summed E-state index contributed by atoms with van der Waals surface area (Å²) in [5, 5.41) is 6.28. The molecular weight excluding hydrogens is 276 g/mol. The Hall–Kier alpha value is -0.620. The van der Waals surface area contributed by atoms with Gasteiger partial charge in [0.15, 0.2) is 9.84 Å². The quantitative estimate of drug-likeness (QED) is 0.802. The van der Waals surface area contributed by atoms with Crippen LogP contribution in [0, 0.1) is 11.8 Å². The molecule has 0 aromatic rings. The van der Waals surface area contributed by atoms with Gasteiger partial charge in [0, 0.05) is 12.5 Å². The minimum atomic E-state index is -2.95. The van der Waals surface area contributed by atoms with Crippen molar-refractivity contribution in [2.45, 2.75) is 45.1 Å². The summed E-state index contributed by atoms with van der Waals surface area (Å²) < 4.78 is 23.1. The number of rotatable bonds is 4. The van der Waals surface area contributed by atoms with Gasteiger partial charge >= 0.3 is 0 Å². The third-order valence-electron chi connectivity index (χ3n) is 4.48. The van der Waals surface area contributed by atoms with E-state index in [1.54, 1.807) is 0 Å². The Morgan fingerprint density at radius 1 is 1.35 bits per heavy atom. The normalized spacial score (nSPS) is 31.4. The monoisotopic (exact) mass is 302 g/mol. The number of nitrogens with one attached hydrogen (secondary N) is 2. The Balaban J connectivity index is 1.77. The molecule has 3 atom stereocenters. The van der Waals surface area contributed by atoms with Crippen molar-refractivity contribution in [2.24, 2.45) is 11.8 Å². The molecule has 2 aliphatic heterocycles. The first kappa shape index (κ1) is 15.8. The maximum atomic E-state index is 12.0. The maximum absolute atomic E-state index is 12.0. The lowest BCUT2D eigenvalue weighted by atomic mass is 9.85. The van der Waals surface area contributed by atoms with Crippen LogP contribution in [0.5, 0.6) is 0 Å². The van der Waals surface area contributed by atoms with Crippen molar-refractivity contribution in [3.05, 3.63) is 0 Å². The van der Waals surface area contributed by atoms with Crippen LogP contribution in [-0.4, -0.2) is 45.0 Å². The molecule has 2 heterocycles. The van der Waals surface area contributed by atoms with Gasteiger partial charge in [0.2, 0.25) is 5.91 Å². The van der Waals surface area contributed by atoms with Crippen LogP contribution < -0.4 is 10.6 Å². The van der Waals surface area contributed by atoms with Gasteiger partial charge < -0.3 is 10.6 Å². The smallest absolute Gasteiger partial charge is 0.220 e. The molecule has 20 heavy (non-hydrogen) atoms. The lowest BCUT2D eigenvalue weighted by Gasteiger charge is -2.29. The lowest BCUT2D eigenvalue weighted by molar-refractivity contribution is -0.122. The molecule has 0 aromatic heterocycles. The molecule has 0 aromatic carbocycles. The molecule has 0 bridgehead atoms. The van der Waals surface area contributed by atoms with Crippen molar-refractivity contribution in [1.82, 2.24) is 10.6 Å². The zero-order valence-electron chi connectivity index (χ0n) is 12.2. The maximum Gasteiger partial charge on any atom is 0.220 e. The molecule has 2 N–H and O–H groups in total. The average Bonchev–Trinajstić information content (AvgIpc) is 2.38. The van der Waals surface area contributed by atoms with E-state index in [2.05, 4.69) is 17.6 Å². The molecular formula is C14H26N2O3S. The SMILES string of the molecule is CC(CC(=O)NC1CCCS(=O)(=O)C1)C1CCCNC1. The van der Waals surface area contributed by atoms with Crippen LogP contribution in [0.3, 0.4) is 0 Å². The molecule has 3 unspecified atom stereocenters. The summed E-state index contributed by atoms with van der Waals surface area (Å²) in [5.74, 6) is 1.29. The molecule has 2 aliphatic rings. The standard InChI is InChI=1S/C14H26N2O3S/c1-11(12-4-2-6-15-9-12)8-14(17)16-13-5-3-7-20(18,19)10-13/h11-13,15H,2-10H2,1H3,(H,16,17). The van der Waals surface area contributed by atoms with Gasteiger partial charge in [-0.3, -0.25) is 4.79 Å². The highest BCUT2D eigenvalue weighted by Crippen LogP contribution is 2.22. The zero-order chi connectivity index (χ0) is 14.6. The van der Waals surface area contributed by atoms with Crippen LogP contribution >= 0.6 is 0 Å². The Bertz CT molecular complexity index is 430. The summed E-state index contributed by atoms with van der Waals surface area (Å²) >= 11 is 0. The Labute approximate surface area is 121 Å². The van der Waals surface area contributed by atoms with Crippen LogP contribution in [0.15, 0.2) is 0 Å². The second-order valence-electron chi connectivity index (χ2n) is 6.31. The van der Waals surface area contributed by atoms with E-state index in [1.807, 2.05) is 0 Å². The summed E-state index contributed by atoms with van der Waals surface area (Å²) in [6.07, 6.45) is 4.30. The second-order valence-corrected chi connectivity index (χ2v) is 8.54. The van der Waals surface area contributed by atoms with Gasteiger partial charge in [0.1, 0.15) is 0 Å². The van der Waals surface area contributed by atoms with Crippen molar-refractivity contribution in [3.8, 4) is 0 Å². The number of hydrogen-bond acceptors (Lipinski definition) is 4. The van der Waals surface area contributed by atoms with E-state index in [1.165, 1.54) is 12.8 Å². The number of amides is 1. The van der Waals surface area contributed by atoms with Crippen LogP contribution in [-0.2, 0) is 14.6 Å². The molecule has 2 saturated heterocycles. The Kier molecular flexibility index (Phi) is 5.43. The van der Waals surface area contributed by atoms with Gasteiger partial charge in [-0.2, -0.15) is 0 Å². The summed E-state index contributed by atoms with van der Waals surface area (Å²) in [4.78, 5) is 12.0. The topological polar surface area (TPSA) is 75.3 Å². The highest BCUT2D eigenvalue weighted by molar-refractivity contribution is 7.91. The predicted molar refractivity (Wildman–Crippen MR) is 79.2 cm³/mol. The fourth-order valence-electron chi connectivity index (χ4n) is 3.25. The molecule has 0 spiro atoms. The molecule has 0 saturated carbocycles. The summed E-state index contributed by atoms with van der Waals surface area (Å²) in [6, 6.07) is -0.182. The first-order valence-electron chi connectivity index (χ1n) is 7.67. The third kappa shape index (κ3) is 4.74. The molecule has 2 rings (SSSR count). The molecule has 5 nitrogen and oxygen atoms in total. The third-order valence-corrected chi connectivity index (χ3v) is 6.30. The molecule has 0 aliphatic carbocycles. The Morgan fingerprint density at radius 2 is 2.15 bits per heavy atom. The largest absolute Gasteiger partial charge is 0.352 e. The highest BCUT2D eigenvalue weighted by atomic mass is 32.2. The van der Waals surface area contributed by atoms with E-state index < -0.39 is 9.84 Å². The van der Waals surface area contributed by atoms with Gasteiger partial charge in [0.05, 0.1) is 11.5 Å². The number of sulfone groups is 1.